The normalized spacial score (nSPS) is 18.2. The van der Waals surface area contributed by atoms with E-state index in [4.69, 9.17) is 15.6 Å². The molecule has 0 amide bonds. The van der Waals surface area contributed by atoms with E-state index in [1.807, 2.05) is 6.07 Å². The summed E-state index contributed by atoms with van der Waals surface area (Å²) in [5.74, 6) is -0.0639. The van der Waals surface area contributed by atoms with Gasteiger partial charge in [-0.05, 0) is 35.6 Å². The smallest absolute Gasteiger partial charge is 0.307 e. The standard InChI is InChI=1S/C12H15NO3/c1-16-11-3-7(4-12(14)15)2-8-5-9(13)6-10(8)11/h2-3,9H,4-6,13H2,1H3,(H,14,15). The van der Waals surface area contributed by atoms with Crippen LogP contribution in [0.2, 0.25) is 0 Å². The van der Waals surface area contributed by atoms with E-state index in [2.05, 4.69) is 0 Å². The third-order valence-electron chi connectivity index (χ3n) is 2.88. The third kappa shape index (κ3) is 2.02. The number of carbonyl (C=O) groups is 1. The number of fused-ring (bicyclic) bond motifs is 1. The summed E-state index contributed by atoms with van der Waals surface area (Å²) in [6, 6.07) is 3.85. The molecule has 0 saturated heterocycles. The summed E-state index contributed by atoms with van der Waals surface area (Å²) in [5.41, 5.74) is 8.92. The molecule has 4 heteroatoms. The largest absolute Gasteiger partial charge is 0.496 e. The molecular weight excluding hydrogens is 206 g/mol. The summed E-state index contributed by atoms with van der Waals surface area (Å²) in [7, 11) is 1.60. The maximum Gasteiger partial charge on any atom is 0.307 e. The minimum atomic E-state index is -0.829. The van der Waals surface area contributed by atoms with Crippen molar-refractivity contribution in [3.8, 4) is 5.75 Å². The molecule has 0 spiro atoms. The topological polar surface area (TPSA) is 72.5 Å². The average molecular weight is 221 g/mol. The fourth-order valence-corrected chi connectivity index (χ4v) is 2.26. The van der Waals surface area contributed by atoms with Crippen molar-refractivity contribution < 1.29 is 14.6 Å². The van der Waals surface area contributed by atoms with Gasteiger partial charge in [0, 0.05) is 6.04 Å². The lowest BCUT2D eigenvalue weighted by atomic mass is 10.0. The molecule has 3 N–H and O–H groups in total. The van der Waals surface area contributed by atoms with Crippen LogP contribution in [0.25, 0.3) is 0 Å². The van der Waals surface area contributed by atoms with E-state index in [1.165, 1.54) is 0 Å². The van der Waals surface area contributed by atoms with Crippen LogP contribution in [0.3, 0.4) is 0 Å². The van der Waals surface area contributed by atoms with Gasteiger partial charge < -0.3 is 15.6 Å². The highest BCUT2D eigenvalue weighted by atomic mass is 16.5. The van der Waals surface area contributed by atoms with Gasteiger partial charge in [0.25, 0.3) is 0 Å². The van der Waals surface area contributed by atoms with Gasteiger partial charge in [0.05, 0.1) is 13.5 Å². The number of nitrogens with two attached hydrogens (primary N) is 1. The zero-order valence-electron chi connectivity index (χ0n) is 9.19. The first-order valence-electron chi connectivity index (χ1n) is 5.26. The lowest BCUT2D eigenvalue weighted by Crippen LogP contribution is -2.19. The highest BCUT2D eigenvalue weighted by Crippen LogP contribution is 2.31. The number of carboxylic acid groups (broad SMARTS) is 1. The van der Waals surface area contributed by atoms with Gasteiger partial charge in [-0.15, -0.1) is 0 Å². The predicted octanol–water partition coefficient (Wildman–Crippen LogP) is 0.748. The first kappa shape index (κ1) is 11.0. The van der Waals surface area contributed by atoms with Crippen LogP contribution in [0, 0.1) is 0 Å². The molecule has 0 saturated carbocycles. The molecule has 4 nitrogen and oxygen atoms in total. The third-order valence-corrected chi connectivity index (χ3v) is 2.88. The number of aliphatic carboxylic acids is 1. The zero-order chi connectivity index (χ0) is 11.7. The fourth-order valence-electron chi connectivity index (χ4n) is 2.26. The number of ether oxygens (including phenoxy) is 1. The molecule has 1 aromatic carbocycles. The van der Waals surface area contributed by atoms with Gasteiger partial charge >= 0.3 is 5.97 Å². The van der Waals surface area contributed by atoms with Gasteiger partial charge in [0.15, 0.2) is 0 Å². The van der Waals surface area contributed by atoms with Crippen molar-refractivity contribution in [2.24, 2.45) is 5.73 Å². The van der Waals surface area contributed by atoms with Gasteiger partial charge in [-0.1, -0.05) is 6.07 Å². The molecule has 1 aliphatic carbocycles. The summed E-state index contributed by atoms with van der Waals surface area (Å²) in [6.07, 6.45) is 1.64. The van der Waals surface area contributed by atoms with E-state index < -0.39 is 5.97 Å². The molecule has 1 aromatic rings. The molecule has 0 fully saturated rings. The Morgan fingerprint density at radius 1 is 1.56 bits per heavy atom. The molecule has 0 heterocycles. The van der Waals surface area contributed by atoms with Crippen LogP contribution in [0.4, 0.5) is 0 Å². The molecule has 86 valence electrons. The average Bonchev–Trinajstić information content (AvgIpc) is 2.56. The molecule has 0 aromatic heterocycles. The van der Waals surface area contributed by atoms with Crippen molar-refractivity contribution in [3.05, 3.63) is 28.8 Å². The number of carboxylic acids is 1. The lowest BCUT2D eigenvalue weighted by Gasteiger charge is -2.09. The Morgan fingerprint density at radius 3 is 2.94 bits per heavy atom. The van der Waals surface area contributed by atoms with Crippen LogP contribution in [0.1, 0.15) is 16.7 Å². The molecule has 0 aliphatic heterocycles. The summed E-state index contributed by atoms with van der Waals surface area (Å²) < 4.78 is 5.28. The van der Waals surface area contributed by atoms with E-state index in [9.17, 15) is 4.79 Å². The van der Waals surface area contributed by atoms with Crippen LogP contribution in [-0.2, 0) is 24.1 Å². The van der Waals surface area contributed by atoms with Crippen molar-refractivity contribution in [2.75, 3.05) is 7.11 Å². The first-order chi connectivity index (χ1) is 7.60. The molecule has 1 unspecified atom stereocenters. The number of benzene rings is 1. The van der Waals surface area contributed by atoms with Crippen molar-refractivity contribution in [1.82, 2.24) is 0 Å². The molecule has 0 bridgehead atoms. The Morgan fingerprint density at radius 2 is 2.31 bits per heavy atom. The minimum Gasteiger partial charge on any atom is -0.496 e. The van der Waals surface area contributed by atoms with E-state index >= 15 is 0 Å². The van der Waals surface area contributed by atoms with Crippen molar-refractivity contribution in [2.45, 2.75) is 25.3 Å². The van der Waals surface area contributed by atoms with Gasteiger partial charge in [-0.25, -0.2) is 0 Å². The Bertz CT molecular complexity index is 429. The molecule has 1 atom stereocenters. The Kier molecular flexibility index (Phi) is 2.83. The number of hydrogen-bond donors (Lipinski definition) is 2. The van der Waals surface area contributed by atoms with Crippen LogP contribution >= 0.6 is 0 Å². The second kappa shape index (κ2) is 4.14. The second-order valence-electron chi connectivity index (χ2n) is 4.17. The van der Waals surface area contributed by atoms with Gasteiger partial charge in [0.2, 0.25) is 0 Å². The molecule has 2 rings (SSSR count). The van der Waals surface area contributed by atoms with Crippen molar-refractivity contribution >= 4 is 5.97 Å². The molecule has 0 radical (unpaired) electrons. The van der Waals surface area contributed by atoms with Crippen molar-refractivity contribution in [1.29, 1.82) is 0 Å². The molecule has 16 heavy (non-hydrogen) atoms. The SMILES string of the molecule is COc1cc(CC(=O)O)cc2c1CC(N)C2. The van der Waals surface area contributed by atoms with E-state index in [0.29, 0.717) is 0 Å². The quantitative estimate of drug-likeness (QED) is 0.790. The number of hydrogen-bond acceptors (Lipinski definition) is 3. The van der Waals surface area contributed by atoms with Crippen LogP contribution in [0.5, 0.6) is 5.75 Å². The predicted molar refractivity (Wildman–Crippen MR) is 59.7 cm³/mol. The minimum absolute atomic E-state index is 0.0267. The Labute approximate surface area is 94.0 Å². The fraction of sp³-hybridized carbons (Fsp3) is 0.417. The number of methoxy groups -OCH3 is 1. The lowest BCUT2D eigenvalue weighted by molar-refractivity contribution is -0.136. The Balaban J connectivity index is 2.38. The van der Waals surface area contributed by atoms with Gasteiger partial charge in [-0.3, -0.25) is 4.79 Å². The van der Waals surface area contributed by atoms with Gasteiger partial charge in [-0.2, -0.15) is 0 Å². The second-order valence-corrected chi connectivity index (χ2v) is 4.17. The van der Waals surface area contributed by atoms with E-state index in [1.54, 1.807) is 13.2 Å². The van der Waals surface area contributed by atoms with Crippen LogP contribution in [0.15, 0.2) is 12.1 Å². The molecular formula is C12H15NO3. The summed E-state index contributed by atoms with van der Waals surface area (Å²) in [5, 5.41) is 8.77. The molecule has 1 aliphatic rings. The summed E-state index contributed by atoms with van der Waals surface area (Å²) in [4.78, 5) is 10.7. The van der Waals surface area contributed by atoms with E-state index in [0.717, 1.165) is 35.3 Å². The Hall–Kier alpha value is -1.55. The first-order valence-corrected chi connectivity index (χ1v) is 5.26. The maximum absolute atomic E-state index is 10.7. The van der Waals surface area contributed by atoms with Crippen LogP contribution < -0.4 is 10.5 Å². The van der Waals surface area contributed by atoms with Crippen LogP contribution in [-0.4, -0.2) is 24.2 Å². The summed E-state index contributed by atoms with van der Waals surface area (Å²) in [6.45, 7) is 0. The highest BCUT2D eigenvalue weighted by Gasteiger charge is 2.22. The highest BCUT2D eigenvalue weighted by molar-refractivity contribution is 5.70. The monoisotopic (exact) mass is 221 g/mol. The zero-order valence-corrected chi connectivity index (χ0v) is 9.19. The number of rotatable bonds is 3. The maximum atomic E-state index is 10.7. The summed E-state index contributed by atoms with van der Waals surface area (Å²) >= 11 is 0. The van der Waals surface area contributed by atoms with Gasteiger partial charge in [0.1, 0.15) is 5.75 Å². The van der Waals surface area contributed by atoms with Crippen molar-refractivity contribution in [3.63, 3.8) is 0 Å². The van der Waals surface area contributed by atoms with E-state index in [-0.39, 0.29) is 12.5 Å².